The number of unbranched alkanes of at least 4 members (excludes halogenated alkanes) is 5. The van der Waals surface area contributed by atoms with Gasteiger partial charge < -0.3 is 5.32 Å². The summed E-state index contributed by atoms with van der Waals surface area (Å²) in [6.45, 7) is 2.25. The molecule has 1 rings (SSSR count). The van der Waals surface area contributed by atoms with Crippen molar-refractivity contribution in [3.05, 3.63) is 30.1 Å². The minimum atomic E-state index is -0.161. The molecule has 1 unspecified atom stereocenters. The van der Waals surface area contributed by atoms with Gasteiger partial charge in [-0.2, -0.15) is 0 Å². The number of hydrogen-bond acceptors (Lipinski definition) is 2. The molecule has 1 aromatic carbocycles. The molecule has 0 aliphatic heterocycles. The highest BCUT2D eigenvalue weighted by atomic mass is 32.2. The molecule has 0 amide bonds. The van der Waals surface area contributed by atoms with E-state index in [9.17, 15) is 4.39 Å². The summed E-state index contributed by atoms with van der Waals surface area (Å²) in [6.07, 6.45) is 9.32. The first kappa shape index (κ1) is 17.5. The van der Waals surface area contributed by atoms with E-state index in [1.165, 1.54) is 57.1 Å². The Morgan fingerprint density at radius 1 is 1.05 bits per heavy atom. The van der Waals surface area contributed by atoms with Gasteiger partial charge >= 0.3 is 0 Å². The molecule has 3 heteroatoms. The molecule has 0 aliphatic rings. The maximum absolute atomic E-state index is 12.8. The fourth-order valence-electron chi connectivity index (χ4n) is 2.21. The molecule has 0 aliphatic carbocycles. The fourth-order valence-corrected chi connectivity index (χ4v) is 3.27. The SMILES string of the molecule is CCCCCCCCC(CSc1ccc(F)cc1)NC. The van der Waals surface area contributed by atoms with Gasteiger partial charge in [0.15, 0.2) is 0 Å². The molecule has 0 spiro atoms. The van der Waals surface area contributed by atoms with Crippen molar-refractivity contribution in [3.8, 4) is 0 Å². The monoisotopic (exact) mass is 297 g/mol. The molecule has 1 N–H and O–H groups in total. The summed E-state index contributed by atoms with van der Waals surface area (Å²) < 4.78 is 12.8. The van der Waals surface area contributed by atoms with Gasteiger partial charge in [0.25, 0.3) is 0 Å². The Balaban J connectivity index is 2.14. The van der Waals surface area contributed by atoms with Crippen LogP contribution in [0, 0.1) is 5.82 Å². The Morgan fingerprint density at radius 3 is 2.35 bits per heavy atom. The molecule has 0 radical (unpaired) electrons. The minimum absolute atomic E-state index is 0.161. The van der Waals surface area contributed by atoms with Gasteiger partial charge in [0.2, 0.25) is 0 Å². The third-order valence-electron chi connectivity index (χ3n) is 3.58. The number of hydrogen-bond donors (Lipinski definition) is 1. The van der Waals surface area contributed by atoms with Crippen LogP contribution in [0.25, 0.3) is 0 Å². The normalized spacial score (nSPS) is 12.6. The van der Waals surface area contributed by atoms with Crippen molar-refractivity contribution in [3.63, 3.8) is 0 Å². The van der Waals surface area contributed by atoms with Crippen molar-refractivity contribution >= 4 is 11.8 Å². The van der Waals surface area contributed by atoms with Gasteiger partial charge in [-0.1, -0.05) is 45.4 Å². The number of nitrogens with one attached hydrogen (secondary N) is 1. The van der Waals surface area contributed by atoms with Crippen LogP contribution in [0.5, 0.6) is 0 Å². The van der Waals surface area contributed by atoms with Crippen LogP contribution in [0.1, 0.15) is 51.9 Å². The van der Waals surface area contributed by atoms with E-state index in [-0.39, 0.29) is 5.82 Å². The smallest absolute Gasteiger partial charge is 0.123 e. The zero-order valence-corrected chi connectivity index (χ0v) is 13.6. The third kappa shape index (κ3) is 7.91. The standard InChI is InChI=1S/C17H28FNS/c1-3-4-5-6-7-8-9-16(19-2)14-20-17-12-10-15(18)11-13-17/h10-13,16,19H,3-9,14H2,1-2H3. The van der Waals surface area contributed by atoms with Crippen LogP contribution in [0.3, 0.4) is 0 Å². The van der Waals surface area contributed by atoms with Crippen molar-refractivity contribution in [1.29, 1.82) is 0 Å². The second-order valence-corrected chi connectivity index (χ2v) is 6.40. The van der Waals surface area contributed by atoms with Gasteiger partial charge in [-0.05, 0) is 37.7 Å². The molecule has 20 heavy (non-hydrogen) atoms. The molecule has 1 atom stereocenters. The van der Waals surface area contributed by atoms with Gasteiger partial charge in [0.1, 0.15) is 5.82 Å². The van der Waals surface area contributed by atoms with Crippen LogP contribution in [0.2, 0.25) is 0 Å². The van der Waals surface area contributed by atoms with Crippen molar-refractivity contribution < 1.29 is 4.39 Å². The van der Waals surface area contributed by atoms with Crippen molar-refractivity contribution in [2.75, 3.05) is 12.8 Å². The first-order valence-corrected chi connectivity index (χ1v) is 8.80. The maximum atomic E-state index is 12.8. The van der Waals surface area contributed by atoms with E-state index in [4.69, 9.17) is 0 Å². The average Bonchev–Trinajstić information content (AvgIpc) is 2.47. The number of thioether (sulfide) groups is 1. The lowest BCUT2D eigenvalue weighted by molar-refractivity contribution is 0.514. The van der Waals surface area contributed by atoms with E-state index in [2.05, 4.69) is 12.2 Å². The van der Waals surface area contributed by atoms with E-state index in [0.29, 0.717) is 6.04 Å². The van der Waals surface area contributed by atoms with E-state index < -0.39 is 0 Å². The first-order valence-electron chi connectivity index (χ1n) is 7.82. The van der Waals surface area contributed by atoms with Crippen LogP contribution in [0.4, 0.5) is 4.39 Å². The molecule has 0 saturated carbocycles. The highest BCUT2D eigenvalue weighted by Crippen LogP contribution is 2.20. The summed E-state index contributed by atoms with van der Waals surface area (Å²) in [5, 5.41) is 3.39. The lowest BCUT2D eigenvalue weighted by atomic mass is 10.1. The Kier molecular flexibility index (Phi) is 9.77. The lowest BCUT2D eigenvalue weighted by Crippen LogP contribution is -2.27. The first-order chi connectivity index (χ1) is 9.76. The molecular weight excluding hydrogens is 269 g/mol. The molecule has 0 aromatic heterocycles. The number of halogens is 1. The van der Waals surface area contributed by atoms with E-state index in [1.807, 2.05) is 19.2 Å². The second kappa shape index (κ2) is 11.2. The molecular formula is C17H28FNS. The summed E-state index contributed by atoms with van der Waals surface area (Å²) in [5.41, 5.74) is 0. The third-order valence-corrected chi connectivity index (χ3v) is 4.75. The predicted molar refractivity (Wildman–Crippen MR) is 88.0 cm³/mol. The molecule has 114 valence electrons. The molecule has 1 aromatic rings. The van der Waals surface area contributed by atoms with Gasteiger partial charge in [0.05, 0.1) is 0 Å². The maximum Gasteiger partial charge on any atom is 0.123 e. The Labute approximate surface area is 127 Å². The predicted octanol–water partition coefficient (Wildman–Crippen LogP) is 5.26. The average molecular weight is 297 g/mol. The summed E-state index contributed by atoms with van der Waals surface area (Å²) in [6, 6.07) is 7.33. The van der Waals surface area contributed by atoms with Gasteiger partial charge in [-0.3, -0.25) is 0 Å². The van der Waals surface area contributed by atoms with E-state index >= 15 is 0 Å². The Morgan fingerprint density at radius 2 is 1.70 bits per heavy atom. The highest BCUT2D eigenvalue weighted by molar-refractivity contribution is 7.99. The zero-order chi connectivity index (χ0) is 14.6. The van der Waals surface area contributed by atoms with Crippen molar-refractivity contribution in [2.45, 2.75) is 62.8 Å². The fraction of sp³-hybridized carbons (Fsp3) is 0.647. The summed E-state index contributed by atoms with van der Waals surface area (Å²) in [4.78, 5) is 1.15. The van der Waals surface area contributed by atoms with Crippen LogP contribution >= 0.6 is 11.8 Å². The molecule has 0 bridgehead atoms. The van der Waals surface area contributed by atoms with Gasteiger partial charge in [-0.25, -0.2) is 4.39 Å². The van der Waals surface area contributed by atoms with E-state index in [1.54, 1.807) is 11.8 Å². The van der Waals surface area contributed by atoms with Crippen LogP contribution in [-0.2, 0) is 0 Å². The topological polar surface area (TPSA) is 12.0 Å². The largest absolute Gasteiger partial charge is 0.316 e. The molecule has 0 saturated heterocycles. The summed E-state index contributed by atoms with van der Waals surface area (Å²) in [5.74, 6) is 0.892. The molecule has 0 fully saturated rings. The van der Waals surface area contributed by atoms with E-state index in [0.717, 1.165) is 10.6 Å². The number of benzene rings is 1. The zero-order valence-electron chi connectivity index (χ0n) is 12.8. The Hall–Kier alpha value is -0.540. The summed E-state index contributed by atoms with van der Waals surface area (Å²) in [7, 11) is 2.03. The van der Waals surface area contributed by atoms with Gasteiger partial charge in [-0.15, -0.1) is 11.8 Å². The quantitative estimate of drug-likeness (QED) is 0.442. The van der Waals surface area contributed by atoms with Crippen LogP contribution < -0.4 is 5.32 Å². The van der Waals surface area contributed by atoms with Crippen molar-refractivity contribution in [1.82, 2.24) is 5.32 Å². The number of rotatable bonds is 11. The molecule has 0 heterocycles. The second-order valence-electron chi connectivity index (χ2n) is 5.31. The van der Waals surface area contributed by atoms with Crippen LogP contribution in [0.15, 0.2) is 29.2 Å². The molecule has 1 nitrogen and oxygen atoms in total. The lowest BCUT2D eigenvalue weighted by Gasteiger charge is -2.15. The minimum Gasteiger partial charge on any atom is -0.316 e. The van der Waals surface area contributed by atoms with Gasteiger partial charge in [0, 0.05) is 16.7 Å². The highest BCUT2D eigenvalue weighted by Gasteiger charge is 2.06. The Bertz CT molecular complexity index is 339. The van der Waals surface area contributed by atoms with Crippen molar-refractivity contribution in [2.24, 2.45) is 0 Å². The van der Waals surface area contributed by atoms with Crippen LogP contribution in [-0.4, -0.2) is 18.8 Å². The summed E-state index contributed by atoms with van der Waals surface area (Å²) >= 11 is 1.80.